The minimum Gasteiger partial charge on any atom is -0.184 e. The number of hydrogen-bond acceptors (Lipinski definition) is 0. The van der Waals surface area contributed by atoms with Gasteiger partial charge in [0.25, 0.3) is 0 Å². The van der Waals surface area contributed by atoms with Gasteiger partial charge in [0.1, 0.15) is 0 Å². The molecule has 0 radical (unpaired) electrons. The van der Waals surface area contributed by atoms with Crippen LogP contribution < -0.4 is 59.1 Å². The molecule has 2 heteroatoms. The van der Waals surface area contributed by atoms with E-state index >= 15 is 0 Å². The Labute approximate surface area is 106 Å². The molecule has 0 heterocycles. The van der Waals surface area contributed by atoms with Crippen molar-refractivity contribution in [2.75, 3.05) is 0 Å². The Kier molecular flexibility index (Phi) is 13.5. The van der Waals surface area contributed by atoms with Crippen LogP contribution in [0.1, 0.15) is 0 Å². The Morgan fingerprint density at radius 1 is 0.700 bits per heavy atom. The molecule has 0 spiro atoms. The van der Waals surface area contributed by atoms with Crippen molar-refractivity contribution in [2.45, 2.75) is 0 Å². The van der Waals surface area contributed by atoms with Gasteiger partial charge in [0, 0.05) is 0 Å². The maximum Gasteiger partial charge on any atom is 1.00 e. The van der Waals surface area contributed by atoms with Gasteiger partial charge in [-0.05, 0) is 0 Å². The minimum atomic E-state index is 0. The first-order valence-corrected chi connectivity index (χ1v) is 2.49. The van der Waals surface area contributed by atoms with Crippen molar-refractivity contribution < 1.29 is 59.1 Å². The minimum absolute atomic E-state index is 0. The molecular formula is C8H6Na2. The Hall–Kier alpha value is 0.960. The summed E-state index contributed by atoms with van der Waals surface area (Å²) in [6, 6.07) is 0. The molecular weight excluding hydrogens is 142 g/mol. The molecule has 0 aromatic carbocycles. The first-order valence-electron chi connectivity index (χ1n) is 2.49. The van der Waals surface area contributed by atoms with Gasteiger partial charge >= 0.3 is 59.1 Å². The first kappa shape index (κ1) is 13.5. The van der Waals surface area contributed by atoms with Crippen molar-refractivity contribution in [1.82, 2.24) is 0 Å². The summed E-state index contributed by atoms with van der Waals surface area (Å²) in [5.74, 6) is 0. The van der Waals surface area contributed by atoms with Gasteiger partial charge in [-0.1, -0.05) is 0 Å². The SMILES string of the molecule is [C-]1=C\C=C/[C-]=C\C=C/1.[Na+].[Na+]. The van der Waals surface area contributed by atoms with Crippen molar-refractivity contribution in [1.29, 1.82) is 0 Å². The molecule has 0 aromatic heterocycles. The smallest absolute Gasteiger partial charge is 0.184 e. The monoisotopic (exact) mass is 148 g/mol. The van der Waals surface area contributed by atoms with Crippen LogP contribution in [-0.4, -0.2) is 0 Å². The van der Waals surface area contributed by atoms with E-state index in [4.69, 9.17) is 0 Å². The fourth-order valence-electron chi connectivity index (χ4n) is 0.430. The molecule has 0 fully saturated rings. The summed E-state index contributed by atoms with van der Waals surface area (Å²) in [6.07, 6.45) is 17.0. The summed E-state index contributed by atoms with van der Waals surface area (Å²) >= 11 is 0. The van der Waals surface area contributed by atoms with Crippen LogP contribution >= 0.6 is 0 Å². The van der Waals surface area contributed by atoms with E-state index in [0.29, 0.717) is 0 Å². The third kappa shape index (κ3) is 7.07. The fourth-order valence-corrected chi connectivity index (χ4v) is 0.430. The van der Waals surface area contributed by atoms with Crippen LogP contribution in [-0.2, 0) is 0 Å². The van der Waals surface area contributed by atoms with Crippen LogP contribution in [0.3, 0.4) is 0 Å². The largest absolute Gasteiger partial charge is 1.00 e. The number of rotatable bonds is 0. The van der Waals surface area contributed by atoms with Crippen molar-refractivity contribution in [3.63, 3.8) is 0 Å². The molecule has 0 N–H and O–H groups in total. The molecule has 0 atom stereocenters. The van der Waals surface area contributed by atoms with Crippen LogP contribution in [0, 0.1) is 12.2 Å². The molecule has 0 amide bonds. The molecule has 10 heavy (non-hydrogen) atoms. The van der Waals surface area contributed by atoms with Gasteiger partial charge < -0.3 is 0 Å². The van der Waals surface area contributed by atoms with Crippen LogP contribution in [0.15, 0.2) is 36.5 Å². The molecule has 0 bridgehead atoms. The standard InChI is InChI=1S/C8H6.2Na/c1-2-4-6-8-7-5-3-1;;/h1-3,6-8H;;/q-2;2*+1/b2-1-,3-1?,8-6?,8-7-;;. The molecule has 1 aliphatic rings. The van der Waals surface area contributed by atoms with E-state index in [0.717, 1.165) is 0 Å². The second kappa shape index (κ2) is 9.96. The van der Waals surface area contributed by atoms with E-state index in [1.54, 1.807) is 0 Å². The zero-order chi connectivity index (χ0) is 5.66. The molecule has 0 nitrogen and oxygen atoms in total. The zero-order valence-electron chi connectivity index (χ0n) is 6.46. The molecule has 0 aromatic rings. The molecule has 0 saturated carbocycles. The maximum atomic E-state index is 2.92. The summed E-state index contributed by atoms with van der Waals surface area (Å²) in [7, 11) is 0. The molecule has 0 aliphatic heterocycles. The fraction of sp³-hybridized carbons (Fsp3) is 0. The van der Waals surface area contributed by atoms with Gasteiger partial charge in [-0.25, -0.2) is 0 Å². The summed E-state index contributed by atoms with van der Waals surface area (Å²) in [5.41, 5.74) is 0. The zero-order valence-corrected chi connectivity index (χ0v) is 10.5. The van der Waals surface area contributed by atoms with E-state index in [1.165, 1.54) is 0 Å². The average Bonchev–Trinajstić information content (AvgIpc) is 1.62. The third-order valence-corrected chi connectivity index (χ3v) is 0.770. The molecule has 0 saturated heterocycles. The van der Waals surface area contributed by atoms with Crippen molar-refractivity contribution in [3.8, 4) is 0 Å². The molecule has 1 rings (SSSR count). The number of hydrogen-bond donors (Lipinski definition) is 0. The molecule has 40 valence electrons. The van der Waals surface area contributed by atoms with E-state index in [1.807, 2.05) is 36.5 Å². The topological polar surface area (TPSA) is 0 Å². The van der Waals surface area contributed by atoms with E-state index in [2.05, 4.69) is 12.2 Å². The average molecular weight is 148 g/mol. The summed E-state index contributed by atoms with van der Waals surface area (Å²) < 4.78 is 0. The number of allylic oxidation sites excluding steroid dienone is 8. The van der Waals surface area contributed by atoms with Crippen molar-refractivity contribution in [3.05, 3.63) is 48.6 Å². The molecule has 0 unspecified atom stereocenters. The summed E-state index contributed by atoms with van der Waals surface area (Å²) in [4.78, 5) is 0. The van der Waals surface area contributed by atoms with E-state index in [9.17, 15) is 0 Å². The molecule has 1 aliphatic carbocycles. The first-order chi connectivity index (χ1) is 4.00. The summed E-state index contributed by atoms with van der Waals surface area (Å²) in [5, 5.41) is 0. The second-order valence-electron chi connectivity index (χ2n) is 1.38. The van der Waals surface area contributed by atoms with Crippen molar-refractivity contribution in [2.24, 2.45) is 0 Å². The Morgan fingerprint density at radius 2 is 1.10 bits per heavy atom. The van der Waals surface area contributed by atoms with E-state index < -0.39 is 0 Å². The van der Waals surface area contributed by atoms with Gasteiger partial charge in [0.15, 0.2) is 0 Å². The Balaban J connectivity index is 0. The van der Waals surface area contributed by atoms with Crippen LogP contribution in [0.25, 0.3) is 0 Å². The predicted octanol–water partition coefficient (Wildman–Crippen LogP) is -4.16. The Bertz CT molecular complexity index is 108. The van der Waals surface area contributed by atoms with Crippen LogP contribution in [0.4, 0.5) is 0 Å². The van der Waals surface area contributed by atoms with E-state index in [-0.39, 0.29) is 59.1 Å². The summed E-state index contributed by atoms with van der Waals surface area (Å²) in [6.45, 7) is 0. The van der Waals surface area contributed by atoms with Crippen LogP contribution in [0.5, 0.6) is 0 Å². The Morgan fingerprint density at radius 3 is 1.50 bits per heavy atom. The van der Waals surface area contributed by atoms with Gasteiger partial charge in [-0.15, -0.1) is 0 Å². The maximum absolute atomic E-state index is 2.92. The second-order valence-corrected chi connectivity index (χ2v) is 1.38. The van der Waals surface area contributed by atoms with Gasteiger partial charge in [-0.2, -0.15) is 48.6 Å². The van der Waals surface area contributed by atoms with Gasteiger partial charge in [-0.3, -0.25) is 0 Å². The van der Waals surface area contributed by atoms with Gasteiger partial charge in [0.2, 0.25) is 0 Å². The normalized spacial score (nSPS) is 25.6. The third-order valence-electron chi connectivity index (χ3n) is 0.770. The quantitative estimate of drug-likeness (QED) is 0.241. The van der Waals surface area contributed by atoms with Crippen LogP contribution in [0.2, 0.25) is 0 Å². The van der Waals surface area contributed by atoms with Crippen molar-refractivity contribution >= 4 is 0 Å². The predicted molar refractivity (Wildman–Crippen MR) is 33.9 cm³/mol. The van der Waals surface area contributed by atoms with Gasteiger partial charge in [0.05, 0.1) is 0 Å².